The Bertz CT molecular complexity index is 720. The van der Waals surface area contributed by atoms with E-state index < -0.39 is 5.97 Å². The van der Waals surface area contributed by atoms with Crippen LogP contribution in [0.25, 0.3) is 11.1 Å². The molecule has 0 aliphatic rings. The van der Waals surface area contributed by atoms with E-state index in [1.54, 1.807) is 24.3 Å². The zero-order valence-corrected chi connectivity index (χ0v) is 11.3. The summed E-state index contributed by atoms with van der Waals surface area (Å²) in [7, 11) is 1.29. The van der Waals surface area contributed by atoms with Crippen LogP contribution in [0.15, 0.2) is 36.4 Å². The second-order valence-corrected chi connectivity index (χ2v) is 4.44. The molecule has 0 fully saturated rings. The average Bonchev–Trinajstić information content (AvgIpc) is 2.46. The number of ether oxygens (including phenoxy) is 1. The zero-order valence-electron chi connectivity index (χ0n) is 10.6. The Balaban J connectivity index is 2.57. The molecule has 0 aliphatic heterocycles. The SMILES string of the molecule is COC(=O)c1cccc(-c2cc(C#N)c(Cl)cc2O)c1. The van der Waals surface area contributed by atoms with Crippen molar-refractivity contribution in [2.24, 2.45) is 0 Å². The number of carbonyl (C=O) groups excluding carboxylic acids is 1. The lowest BCUT2D eigenvalue weighted by Crippen LogP contribution is -2.00. The van der Waals surface area contributed by atoms with Gasteiger partial charge in [-0.25, -0.2) is 4.79 Å². The Morgan fingerprint density at radius 2 is 2.10 bits per heavy atom. The first-order valence-electron chi connectivity index (χ1n) is 5.68. The van der Waals surface area contributed by atoms with E-state index in [1.165, 1.54) is 19.2 Å². The molecule has 0 saturated carbocycles. The molecule has 2 rings (SSSR count). The van der Waals surface area contributed by atoms with Gasteiger partial charge in [0.15, 0.2) is 0 Å². The molecule has 0 atom stereocenters. The lowest BCUT2D eigenvalue weighted by Gasteiger charge is -2.08. The van der Waals surface area contributed by atoms with Crippen LogP contribution in [0, 0.1) is 11.3 Å². The second-order valence-electron chi connectivity index (χ2n) is 4.03. The van der Waals surface area contributed by atoms with Gasteiger partial charge in [-0.15, -0.1) is 0 Å². The van der Waals surface area contributed by atoms with Crippen LogP contribution in [0.3, 0.4) is 0 Å². The summed E-state index contributed by atoms with van der Waals surface area (Å²) in [5.74, 6) is -0.531. The largest absolute Gasteiger partial charge is 0.507 e. The molecule has 1 N–H and O–H groups in total. The second kappa shape index (κ2) is 5.64. The number of halogens is 1. The summed E-state index contributed by atoms with van der Waals surface area (Å²) in [6, 6.07) is 11.3. The number of esters is 1. The zero-order chi connectivity index (χ0) is 14.7. The van der Waals surface area contributed by atoms with Crippen LogP contribution in [0.2, 0.25) is 5.02 Å². The molecule has 0 amide bonds. The lowest BCUT2D eigenvalue weighted by atomic mass is 10.0. The molecule has 0 bridgehead atoms. The minimum absolute atomic E-state index is 0.0592. The monoisotopic (exact) mass is 287 g/mol. The van der Waals surface area contributed by atoms with Gasteiger partial charge in [0.1, 0.15) is 11.8 Å². The summed E-state index contributed by atoms with van der Waals surface area (Å²) >= 11 is 5.84. The van der Waals surface area contributed by atoms with E-state index in [9.17, 15) is 9.90 Å². The molecule has 0 saturated heterocycles. The number of phenols is 1. The van der Waals surface area contributed by atoms with Gasteiger partial charge >= 0.3 is 5.97 Å². The maximum atomic E-state index is 11.5. The third-order valence-corrected chi connectivity index (χ3v) is 3.11. The van der Waals surface area contributed by atoms with Crippen molar-refractivity contribution >= 4 is 17.6 Å². The van der Waals surface area contributed by atoms with Gasteiger partial charge in [0.2, 0.25) is 0 Å². The van der Waals surface area contributed by atoms with Gasteiger partial charge in [0, 0.05) is 11.6 Å². The summed E-state index contributed by atoms with van der Waals surface area (Å²) in [6.07, 6.45) is 0. The summed E-state index contributed by atoms with van der Waals surface area (Å²) < 4.78 is 4.65. The third-order valence-electron chi connectivity index (χ3n) is 2.80. The number of hydrogen-bond acceptors (Lipinski definition) is 4. The first kappa shape index (κ1) is 13.9. The number of methoxy groups -OCH3 is 1. The minimum atomic E-state index is -0.471. The highest BCUT2D eigenvalue weighted by Crippen LogP contribution is 2.34. The van der Waals surface area contributed by atoms with Crippen LogP contribution in [0.1, 0.15) is 15.9 Å². The summed E-state index contributed by atoms with van der Waals surface area (Å²) in [5, 5.41) is 19.1. The van der Waals surface area contributed by atoms with Crippen LogP contribution in [0.4, 0.5) is 0 Å². The summed E-state index contributed by atoms with van der Waals surface area (Å²) in [4.78, 5) is 11.5. The Morgan fingerprint density at radius 1 is 1.35 bits per heavy atom. The van der Waals surface area contributed by atoms with Crippen molar-refractivity contribution in [2.75, 3.05) is 7.11 Å². The molecule has 2 aromatic carbocycles. The molecule has 0 spiro atoms. The molecule has 0 aliphatic carbocycles. The third kappa shape index (κ3) is 2.58. The summed E-state index contributed by atoms with van der Waals surface area (Å²) in [6.45, 7) is 0. The van der Waals surface area contributed by atoms with Gasteiger partial charge in [-0.05, 0) is 23.8 Å². The van der Waals surface area contributed by atoms with E-state index in [4.69, 9.17) is 16.9 Å². The van der Waals surface area contributed by atoms with Crippen molar-refractivity contribution in [2.45, 2.75) is 0 Å². The maximum absolute atomic E-state index is 11.5. The van der Waals surface area contributed by atoms with Crippen molar-refractivity contribution in [3.8, 4) is 22.9 Å². The molecular weight excluding hydrogens is 278 g/mol. The molecule has 4 nitrogen and oxygen atoms in total. The Morgan fingerprint density at radius 3 is 2.75 bits per heavy atom. The van der Waals surface area contributed by atoms with Crippen molar-refractivity contribution in [1.29, 1.82) is 5.26 Å². The van der Waals surface area contributed by atoms with Crippen molar-refractivity contribution < 1.29 is 14.6 Å². The molecule has 2 aromatic rings. The van der Waals surface area contributed by atoms with Crippen molar-refractivity contribution in [3.63, 3.8) is 0 Å². The number of hydrogen-bond donors (Lipinski definition) is 1. The van der Waals surface area contributed by atoms with E-state index in [-0.39, 0.29) is 16.3 Å². The van der Waals surface area contributed by atoms with Crippen LogP contribution < -0.4 is 0 Å². The fourth-order valence-corrected chi connectivity index (χ4v) is 2.01. The van der Waals surface area contributed by atoms with Crippen LogP contribution in [-0.2, 0) is 4.74 Å². The van der Waals surface area contributed by atoms with E-state index in [1.807, 2.05) is 6.07 Å². The van der Waals surface area contributed by atoms with Crippen LogP contribution >= 0.6 is 11.6 Å². The van der Waals surface area contributed by atoms with E-state index in [0.29, 0.717) is 16.7 Å². The van der Waals surface area contributed by atoms with Gasteiger partial charge in [-0.3, -0.25) is 0 Å². The van der Waals surface area contributed by atoms with Crippen molar-refractivity contribution in [1.82, 2.24) is 0 Å². The summed E-state index contributed by atoms with van der Waals surface area (Å²) in [5.41, 5.74) is 1.64. The number of phenolic OH excluding ortho intramolecular Hbond substituents is 1. The highest BCUT2D eigenvalue weighted by molar-refractivity contribution is 6.32. The Kier molecular flexibility index (Phi) is 3.92. The van der Waals surface area contributed by atoms with Gasteiger partial charge < -0.3 is 9.84 Å². The highest BCUT2D eigenvalue weighted by Gasteiger charge is 2.12. The molecule has 0 aromatic heterocycles. The van der Waals surface area contributed by atoms with Gasteiger partial charge in [-0.1, -0.05) is 23.7 Å². The minimum Gasteiger partial charge on any atom is -0.507 e. The number of aromatic hydroxyl groups is 1. The quantitative estimate of drug-likeness (QED) is 0.860. The smallest absolute Gasteiger partial charge is 0.337 e. The Hall–Kier alpha value is -2.51. The normalized spacial score (nSPS) is 9.85. The van der Waals surface area contributed by atoms with E-state index in [2.05, 4.69) is 4.74 Å². The maximum Gasteiger partial charge on any atom is 0.337 e. The topological polar surface area (TPSA) is 70.3 Å². The number of rotatable bonds is 2. The number of benzene rings is 2. The predicted molar refractivity (Wildman–Crippen MR) is 74.6 cm³/mol. The lowest BCUT2D eigenvalue weighted by molar-refractivity contribution is 0.0601. The molecule has 0 heterocycles. The van der Waals surface area contributed by atoms with Gasteiger partial charge in [0.05, 0.1) is 23.3 Å². The number of nitriles is 1. The van der Waals surface area contributed by atoms with Crippen molar-refractivity contribution in [3.05, 3.63) is 52.5 Å². The van der Waals surface area contributed by atoms with E-state index >= 15 is 0 Å². The highest BCUT2D eigenvalue weighted by atomic mass is 35.5. The number of carbonyl (C=O) groups is 1. The first-order chi connectivity index (χ1) is 9.56. The molecule has 0 radical (unpaired) electrons. The van der Waals surface area contributed by atoms with Gasteiger partial charge in [0.25, 0.3) is 0 Å². The molecule has 5 heteroatoms. The molecule has 0 unspecified atom stereocenters. The fourth-order valence-electron chi connectivity index (χ4n) is 1.81. The molecule has 20 heavy (non-hydrogen) atoms. The molecular formula is C15H10ClNO3. The van der Waals surface area contributed by atoms with Crippen LogP contribution in [-0.4, -0.2) is 18.2 Å². The fraction of sp³-hybridized carbons (Fsp3) is 0.0667. The van der Waals surface area contributed by atoms with Gasteiger partial charge in [-0.2, -0.15) is 5.26 Å². The van der Waals surface area contributed by atoms with Crippen LogP contribution in [0.5, 0.6) is 5.75 Å². The number of nitrogens with zero attached hydrogens (tertiary/aromatic N) is 1. The predicted octanol–water partition coefficient (Wildman–Crippen LogP) is 3.37. The Labute approximate surface area is 120 Å². The molecule has 100 valence electrons. The van der Waals surface area contributed by atoms with E-state index in [0.717, 1.165) is 0 Å². The average molecular weight is 288 g/mol. The standard InChI is InChI=1S/C15H10ClNO3/c1-20-15(19)10-4-2-3-9(5-10)12-6-11(8-17)13(16)7-14(12)18/h2-7,18H,1H3. The first-order valence-corrected chi connectivity index (χ1v) is 6.06.